The van der Waals surface area contributed by atoms with Crippen molar-refractivity contribution >= 4 is 5.91 Å². The molecule has 0 bridgehead atoms. The van der Waals surface area contributed by atoms with Crippen molar-refractivity contribution in [1.82, 2.24) is 5.32 Å². The standard InChI is InChI=1S/C15H21NO2/c1-11(2)10-16-15(17)7-8-18-14-9-12(3)5-6-13(14)4/h5-6,9H,1,7-8,10H2,2-4H3,(H,16,17). The maximum Gasteiger partial charge on any atom is 0.223 e. The van der Waals surface area contributed by atoms with Gasteiger partial charge in [-0.3, -0.25) is 4.79 Å². The molecule has 1 N–H and O–H groups in total. The monoisotopic (exact) mass is 247 g/mol. The summed E-state index contributed by atoms with van der Waals surface area (Å²) in [4.78, 5) is 11.5. The van der Waals surface area contributed by atoms with Crippen LogP contribution in [0.2, 0.25) is 0 Å². The molecule has 0 aliphatic carbocycles. The van der Waals surface area contributed by atoms with Gasteiger partial charge < -0.3 is 10.1 Å². The van der Waals surface area contributed by atoms with E-state index in [0.717, 1.165) is 22.4 Å². The summed E-state index contributed by atoms with van der Waals surface area (Å²) in [6.07, 6.45) is 0.362. The van der Waals surface area contributed by atoms with Gasteiger partial charge in [0.05, 0.1) is 13.0 Å². The SMILES string of the molecule is C=C(C)CNC(=O)CCOc1cc(C)ccc1C. The Morgan fingerprint density at radius 1 is 1.39 bits per heavy atom. The van der Waals surface area contributed by atoms with Crippen molar-refractivity contribution in [2.75, 3.05) is 13.2 Å². The number of amides is 1. The molecule has 0 saturated carbocycles. The van der Waals surface area contributed by atoms with Crippen molar-refractivity contribution in [3.05, 3.63) is 41.5 Å². The number of hydrogen-bond donors (Lipinski definition) is 1. The summed E-state index contributed by atoms with van der Waals surface area (Å²) in [6.45, 7) is 10.6. The zero-order valence-corrected chi connectivity index (χ0v) is 11.4. The number of carbonyl (C=O) groups is 1. The highest BCUT2D eigenvalue weighted by atomic mass is 16.5. The fourth-order valence-corrected chi connectivity index (χ4v) is 1.45. The molecule has 0 atom stereocenters. The van der Waals surface area contributed by atoms with Crippen LogP contribution in [0.1, 0.15) is 24.5 Å². The first-order valence-corrected chi connectivity index (χ1v) is 6.10. The highest BCUT2D eigenvalue weighted by Crippen LogP contribution is 2.19. The van der Waals surface area contributed by atoms with Gasteiger partial charge in [0.15, 0.2) is 0 Å². The minimum absolute atomic E-state index is 0.0108. The molecule has 1 amide bonds. The molecule has 0 aromatic heterocycles. The first-order valence-electron chi connectivity index (χ1n) is 6.10. The summed E-state index contributed by atoms with van der Waals surface area (Å²) in [5, 5.41) is 2.78. The second kappa shape index (κ2) is 6.84. The van der Waals surface area contributed by atoms with Crippen molar-refractivity contribution in [2.45, 2.75) is 27.2 Å². The normalized spacial score (nSPS) is 9.94. The van der Waals surface area contributed by atoms with E-state index in [1.807, 2.05) is 39.0 Å². The summed E-state index contributed by atoms with van der Waals surface area (Å²) >= 11 is 0. The van der Waals surface area contributed by atoms with Crippen LogP contribution in [-0.2, 0) is 4.79 Å². The van der Waals surface area contributed by atoms with Crippen LogP contribution in [0.15, 0.2) is 30.4 Å². The first kappa shape index (κ1) is 14.3. The lowest BCUT2D eigenvalue weighted by Crippen LogP contribution is -2.26. The number of hydrogen-bond acceptors (Lipinski definition) is 2. The van der Waals surface area contributed by atoms with Crippen LogP contribution in [0.25, 0.3) is 0 Å². The molecule has 0 heterocycles. The Kier molecular flexibility index (Phi) is 5.43. The molecule has 0 radical (unpaired) electrons. The lowest BCUT2D eigenvalue weighted by atomic mass is 10.1. The van der Waals surface area contributed by atoms with Crippen LogP contribution in [0, 0.1) is 13.8 Å². The molecule has 1 rings (SSSR count). The molecule has 0 aliphatic heterocycles. The Bertz CT molecular complexity index is 438. The molecular formula is C15H21NO2. The maximum atomic E-state index is 11.5. The Labute approximate surface area is 109 Å². The zero-order valence-electron chi connectivity index (χ0n) is 11.4. The van der Waals surface area contributed by atoms with Gasteiger partial charge in [-0.05, 0) is 38.0 Å². The van der Waals surface area contributed by atoms with Crippen LogP contribution in [0.4, 0.5) is 0 Å². The van der Waals surface area contributed by atoms with Crippen molar-refractivity contribution < 1.29 is 9.53 Å². The van der Waals surface area contributed by atoms with Crippen LogP contribution in [-0.4, -0.2) is 19.1 Å². The van der Waals surface area contributed by atoms with Gasteiger partial charge in [-0.2, -0.15) is 0 Å². The lowest BCUT2D eigenvalue weighted by Gasteiger charge is -2.10. The molecule has 0 aliphatic rings. The molecule has 3 heteroatoms. The summed E-state index contributed by atoms with van der Waals surface area (Å²) in [5.41, 5.74) is 3.18. The smallest absolute Gasteiger partial charge is 0.223 e. The quantitative estimate of drug-likeness (QED) is 0.785. The van der Waals surface area contributed by atoms with E-state index in [1.54, 1.807) is 0 Å². The van der Waals surface area contributed by atoms with Gasteiger partial charge in [0.1, 0.15) is 5.75 Å². The van der Waals surface area contributed by atoms with E-state index in [4.69, 9.17) is 4.74 Å². The average molecular weight is 247 g/mol. The largest absolute Gasteiger partial charge is 0.493 e. The van der Waals surface area contributed by atoms with E-state index in [2.05, 4.69) is 11.9 Å². The van der Waals surface area contributed by atoms with Crippen LogP contribution in [0.3, 0.4) is 0 Å². The summed E-state index contributed by atoms with van der Waals surface area (Å²) in [5.74, 6) is 0.839. The van der Waals surface area contributed by atoms with Crippen LogP contribution >= 0.6 is 0 Å². The minimum Gasteiger partial charge on any atom is -0.493 e. The topological polar surface area (TPSA) is 38.3 Å². The molecule has 3 nitrogen and oxygen atoms in total. The van der Waals surface area contributed by atoms with E-state index < -0.39 is 0 Å². The van der Waals surface area contributed by atoms with Crippen LogP contribution in [0.5, 0.6) is 5.75 Å². The van der Waals surface area contributed by atoms with Crippen molar-refractivity contribution in [3.8, 4) is 5.75 Å². The Hall–Kier alpha value is -1.77. The van der Waals surface area contributed by atoms with Crippen molar-refractivity contribution in [3.63, 3.8) is 0 Å². The summed E-state index contributed by atoms with van der Waals surface area (Å²) in [7, 11) is 0. The van der Waals surface area contributed by atoms with E-state index in [1.165, 1.54) is 0 Å². The predicted octanol–water partition coefficient (Wildman–Crippen LogP) is 2.76. The van der Waals surface area contributed by atoms with E-state index in [9.17, 15) is 4.79 Å². The fraction of sp³-hybridized carbons (Fsp3) is 0.400. The highest BCUT2D eigenvalue weighted by Gasteiger charge is 2.03. The number of aryl methyl sites for hydroxylation is 2. The molecule has 98 valence electrons. The molecule has 1 aromatic carbocycles. The Morgan fingerprint density at radius 3 is 2.78 bits per heavy atom. The van der Waals surface area contributed by atoms with Gasteiger partial charge in [-0.1, -0.05) is 24.3 Å². The minimum atomic E-state index is -0.0108. The van der Waals surface area contributed by atoms with E-state index in [-0.39, 0.29) is 5.91 Å². The van der Waals surface area contributed by atoms with Gasteiger partial charge in [0.2, 0.25) is 5.91 Å². The number of nitrogens with one attached hydrogen (secondary N) is 1. The van der Waals surface area contributed by atoms with Gasteiger partial charge in [0.25, 0.3) is 0 Å². The third-order valence-corrected chi connectivity index (χ3v) is 2.52. The van der Waals surface area contributed by atoms with Gasteiger partial charge in [-0.15, -0.1) is 0 Å². The lowest BCUT2D eigenvalue weighted by molar-refractivity contribution is -0.121. The summed E-state index contributed by atoms with van der Waals surface area (Å²) < 4.78 is 5.61. The Morgan fingerprint density at radius 2 is 2.11 bits per heavy atom. The molecule has 0 spiro atoms. The number of carbonyl (C=O) groups excluding carboxylic acids is 1. The van der Waals surface area contributed by atoms with Crippen LogP contribution < -0.4 is 10.1 Å². The number of rotatable bonds is 6. The fourth-order valence-electron chi connectivity index (χ4n) is 1.45. The summed E-state index contributed by atoms with van der Waals surface area (Å²) in [6, 6.07) is 6.05. The predicted molar refractivity (Wildman–Crippen MR) is 73.9 cm³/mol. The third kappa shape index (κ3) is 5.04. The number of ether oxygens (including phenoxy) is 1. The van der Waals surface area contributed by atoms with E-state index in [0.29, 0.717) is 19.6 Å². The van der Waals surface area contributed by atoms with E-state index >= 15 is 0 Å². The molecule has 18 heavy (non-hydrogen) atoms. The van der Waals surface area contributed by atoms with Gasteiger partial charge in [0, 0.05) is 6.54 Å². The maximum absolute atomic E-state index is 11.5. The molecule has 0 unspecified atom stereocenters. The number of benzene rings is 1. The second-order valence-corrected chi connectivity index (χ2v) is 4.60. The first-order chi connectivity index (χ1) is 8.49. The average Bonchev–Trinajstić information content (AvgIpc) is 2.31. The third-order valence-electron chi connectivity index (χ3n) is 2.52. The Balaban J connectivity index is 2.35. The molecule has 0 saturated heterocycles. The molecular weight excluding hydrogens is 226 g/mol. The molecule has 0 fully saturated rings. The van der Waals surface area contributed by atoms with Crippen molar-refractivity contribution in [1.29, 1.82) is 0 Å². The zero-order chi connectivity index (χ0) is 13.5. The van der Waals surface area contributed by atoms with Crippen molar-refractivity contribution in [2.24, 2.45) is 0 Å². The molecule has 1 aromatic rings. The highest BCUT2D eigenvalue weighted by molar-refractivity contribution is 5.76. The second-order valence-electron chi connectivity index (χ2n) is 4.60. The van der Waals surface area contributed by atoms with Gasteiger partial charge >= 0.3 is 0 Å². The van der Waals surface area contributed by atoms with Gasteiger partial charge in [-0.25, -0.2) is 0 Å².